The Balaban J connectivity index is 0.00000196. The van der Waals surface area contributed by atoms with E-state index in [4.69, 9.17) is 28.9 Å². The van der Waals surface area contributed by atoms with E-state index >= 15 is 0 Å². The van der Waals surface area contributed by atoms with Crippen LogP contribution in [0.2, 0.25) is 10.0 Å². The molecule has 0 heterocycles. The molecule has 0 aromatic heterocycles. The highest BCUT2D eigenvalue weighted by Gasteiger charge is 2.22. The van der Waals surface area contributed by atoms with Crippen molar-refractivity contribution >= 4 is 35.6 Å². The molecular weight excluding hydrogens is 252 g/mol. The number of benzene rings is 1. The van der Waals surface area contributed by atoms with Crippen molar-refractivity contribution in [3.8, 4) is 0 Å². The zero-order chi connectivity index (χ0) is 10.9. The van der Waals surface area contributed by atoms with E-state index in [1.165, 1.54) is 0 Å². The third-order valence-corrected chi connectivity index (χ3v) is 2.97. The van der Waals surface area contributed by atoms with E-state index in [2.05, 4.69) is 20.8 Å². The largest absolute Gasteiger partial charge is 0.324 e. The summed E-state index contributed by atoms with van der Waals surface area (Å²) in [7, 11) is 0. The summed E-state index contributed by atoms with van der Waals surface area (Å²) in [6.07, 6.45) is 0. The van der Waals surface area contributed by atoms with Crippen LogP contribution in [0.3, 0.4) is 0 Å². The standard InChI is InChI=1S/C11H15Cl2N.ClH/c1-11(2,3)10(14)7-4-5-8(12)9(13)6-7;/h4-6,10H,14H2,1-3H3;1H/t10-;/m1./s1. The summed E-state index contributed by atoms with van der Waals surface area (Å²) in [6.45, 7) is 6.29. The quantitative estimate of drug-likeness (QED) is 0.799. The predicted octanol–water partition coefficient (Wildman–Crippen LogP) is 4.46. The first-order valence-electron chi connectivity index (χ1n) is 4.53. The second kappa shape index (κ2) is 5.40. The van der Waals surface area contributed by atoms with Crippen LogP contribution in [0.25, 0.3) is 0 Å². The molecule has 1 aromatic rings. The Kier molecular flexibility index (Phi) is 5.42. The second-order valence-electron chi connectivity index (χ2n) is 4.52. The van der Waals surface area contributed by atoms with Crippen LogP contribution in [0.15, 0.2) is 18.2 Å². The van der Waals surface area contributed by atoms with Gasteiger partial charge in [0.05, 0.1) is 10.0 Å². The van der Waals surface area contributed by atoms with Gasteiger partial charge in [-0.15, -0.1) is 12.4 Å². The highest BCUT2D eigenvalue weighted by molar-refractivity contribution is 6.42. The molecule has 0 amide bonds. The summed E-state index contributed by atoms with van der Waals surface area (Å²) in [5.41, 5.74) is 7.13. The molecule has 1 rings (SSSR count). The van der Waals surface area contributed by atoms with Gasteiger partial charge in [0.15, 0.2) is 0 Å². The van der Waals surface area contributed by atoms with Crippen LogP contribution in [0.5, 0.6) is 0 Å². The maximum Gasteiger partial charge on any atom is 0.0595 e. The lowest BCUT2D eigenvalue weighted by Gasteiger charge is -2.27. The van der Waals surface area contributed by atoms with Crippen molar-refractivity contribution < 1.29 is 0 Å². The monoisotopic (exact) mass is 267 g/mol. The van der Waals surface area contributed by atoms with Crippen molar-refractivity contribution in [3.05, 3.63) is 33.8 Å². The highest BCUT2D eigenvalue weighted by atomic mass is 35.5. The van der Waals surface area contributed by atoms with Gasteiger partial charge in [-0.05, 0) is 23.1 Å². The molecule has 1 aromatic carbocycles. The molecule has 4 heteroatoms. The number of rotatable bonds is 1. The Morgan fingerprint density at radius 3 is 2.07 bits per heavy atom. The number of nitrogens with two attached hydrogens (primary N) is 1. The topological polar surface area (TPSA) is 26.0 Å². The molecule has 15 heavy (non-hydrogen) atoms. The molecule has 1 atom stereocenters. The van der Waals surface area contributed by atoms with E-state index in [0.717, 1.165) is 5.56 Å². The lowest BCUT2D eigenvalue weighted by atomic mass is 9.83. The van der Waals surface area contributed by atoms with Gasteiger partial charge in [-0.25, -0.2) is 0 Å². The van der Waals surface area contributed by atoms with Gasteiger partial charge in [-0.1, -0.05) is 50.0 Å². The van der Waals surface area contributed by atoms with Crippen molar-refractivity contribution in [1.82, 2.24) is 0 Å². The molecule has 0 radical (unpaired) electrons. The lowest BCUT2D eigenvalue weighted by molar-refractivity contribution is 0.327. The zero-order valence-electron chi connectivity index (χ0n) is 9.05. The molecule has 1 nitrogen and oxygen atoms in total. The van der Waals surface area contributed by atoms with Crippen LogP contribution < -0.4 is 5.73 Å². The fourth-order valence-electron chi connectivity index (χ4n) is 1.21. The third-order valence-electron chi connectivity index (χ3n) is 2.24. The fourth-order valence-corrected chi connectivity index (χ4v) is 1.51. The Bertz CT molecular complexity index is 331. The summed E-state index contributed by atoms with van der Waals surface area (Å²) >= 11 is 11.7. The molecular formula is C11H16Cl3N. The Hall–Kier alpha value is 0.0500. The minimum atomic E-state index is -0.0303. The van der Waals surface area contributed by atoms with Gasteiger partial charge < -0.3 is 5.73 Å². The van der Waals surface area contributed by atoms with Gasteiger partial charge in [0.25, 0.3) is 0 Å². The van der Waals surface area contributed by atoms with Crippen molar-refractivity contribution in [1.29, 1.82) is 0 Å². The van der Waals surface area contributed by atoms with Gasteiger partial charge in [0.1, 0.15) is 0 Å². The molecule has 0 aliphatic carbocycles. The highest BCUT2D eigenvalue weighted by Crippen LogP contribution is 2.33. The molecule has 0 spiro atoms. The van der Waals surface area contributed by atoms with Crippen LogP contribution in [0.4, 0.5) is 0 Å². The molecule has 0 saturated carbocycles. The molecule has 0 unspecified atom stereocenters. The maximum absolute atomic E-state index is 6.09. The summed E-state index contributed by atoms with van der Waals surface area (Å²) in [6, 6.07) is 5.51. The zero-order valence-corrected chi connectivity index (χ0v) is 11.4. The van der Waals surface area contributed by atoms with E-state index in [1.54, 1.807) is 6.07 Å². The molecule has 0 saturated heterocycles. The summed E-state index contributed by atoms with van der Waals surface area (Å²) < 4.78 is 0. The van der Waals surface area contributed by atoms with E-state index in [0.29, 0.717) is 10.0 Å². The van der Waals surface area contributed by atoms with Crippen LogP contribution in [-0.4, -0.2) is 0 Å². The van der Waals surface area contributed by atoms with E-state index < -0.39 is 0 Å². The van der Waals surface area contributed by atoms with Gasteiger partial charge in [-0.3, -0.25) is 0 Å². The molecule has 86 valence electrons. The van der Waals surface area contributed by atoms with Crippen molar-refractivity contribution in [2.45, 2.75) is 26.8 Å². The smallest absolute Gasteiger partial charge is 0.0595 e. The molecule has 0 fully saturated rings. The Morgan fingerprint density at radius 1 is 1.13 bits per heavy atom. The second-order valence-corrected chi connectivity index (χ2v) is 5.33. The number of halogens is 3. The molecule has 0 bridgehead atoms. The van der Waals surface area contributed by atoms with Crippen LogP contribution in [0.1, 0.15) is 32.4 Å². The van der Waals surface area contributed by atoms with E-state index in [-0.39, 0.29) is 23.9 Å². The summed E-state index contributed by atoms with van der Waals surface area (Å²) in [4.78, 5) is 0. The van der Waals surface area contributed by atoms with Crippen molar-refractivity contribution in [3.63, 3.8) is 0 Å². The normalized spacial score (nSPS) is 13.2. The average Bonchev–Trinajstić information content (AvgIpc) is 2.07. The van der Waals surface area contributed by atoms with E-state index in [9.17, 15) is 0 Å². The number of hydrogen-bond donors (Lipinski definition) is 1. The minimum absolute atomic E-state index is 0. The SMILES string of the molecule is CC(C)(C)[C@H](N)c1ccc(Cl)c(Cl)c1.Cl. The summed E-state index contributed by atoms with van der Waals surface area (Å²) in [5.74, 6) is 0. The van der Waals surface area contributed by atoms with Crippen LogP contribution in [-0.2, 0) is 0 Å². The molecule has 0 aliphatic heterocycles. The summed E-state index contributed by atoms with van der Waals surface area (Å²) in [5, 5.41) is 1.13. The van der Waals surface area contributed by atoms with Crippen molar-refractivity contribution in [2.24, 2.45) is 11.1 Å². The first-order valence-corrected chi connectivity index (χ1v) is 5.28. The maximum atomic E-state index is 6.09. The van der Waals surface area contributed by atoms with Gasteiger partial charge >= 0.3 is 0 Å². The third kappa shape index (κ3) is 3.84. The lowest BCUT2D eigenvalue weighted by Crippen LogP contribution is -2.26. The molecule has 0 aliphatic rings. The van der Waals surface area contributed by atoms with Gasteiger partial charge in [0, 0.05) is 6.04 Å². The average molecular weight is 269 g/mol. The number of hydrogen-bond acceptors (Lipinski definition) is 1. The van der Waals surface area contributed by atoms with Gasteiger partial charge in [-0.2, -0.15) is 0 Å². The van der Waals surface area contributed by atoms with Crippen molar-refractivity contribution in [2.75, 3.05) is 0 Å². The predicted molar refractivity (Wildman–Crippen MR) is 70.1 cm³/mol. The molecule has 2 N–H and O–H groups in total. The van der Waals surface area contributed by atoms with E-state index in [1.807, 2.05) is 12.1 Å². The first-order chi connectivity index (χ1) is 6.32. The Morgan fingerprint density at radius 2 is 1.67 bits per heavy atom. The minimum Gasteiger partial charge on any atom is -0.324 e. The van der Waals surface area contributed by atoms with Crippen LogP contribution >= 0.6 is 35.6 Å². The van der Waals surface area contributed by atoms with Gasteiger partial charge in [0.2, 0.25) is 0 Å². The van der Waals surface area contributed by atoms with Crippen LogP contribution in [0, 0.1) is 5.41 Å². The Labute approximate surface area is 107 Å². The fraction of sp³-hybridized carbons (Fsp3) is 0.455. The first kappa shape index (κ1) is 15.0.